The van der Waals surface area contributed by atoms with Crippen LogP contribution in [0.5, 0.6) is 0 Å². The van der Waals surface area contributed by atoms with Gasteiger partial charge in [-0.25, -0.2) is 0 Å². The summed E-state index contributed by atoms with van der Waals surface area (Å²) >= 11 is 11.9. The zero-order chi connectivity index (χ0) is 17.1. The Morgan fingerprint density at radius 1 is 1.17 bits per heavy atom. The third kappa shape index (κ3) is 3.96. The highest BCUT2D eigenvalue weighted by molar-refractivity contribution is 6.42. The fourth-order valence-electron chi connectivity index (χ4n) is 3.94. The molecule has 1 aliphatic heterocycles. The van der Waals surface area contributed by atoms with Crippen LogP contribution in [-0.4, -0.2) is 47.9 Å². The molecule has 0 bridgehead atoms. The van der Waals surface area contributed by atoms with Gasteiger partial charge in [0, 0.05) is 25.2 Å². The molecule has 1 amide bonds. The molecule has 1 saturated carbocycles. The van der Waals surface area contributed by atoms with E-state index >= 15 is 0 Å². The van der Waals surface area contributed by atoms with E-state index in [1.54, 1.807) is 24.3 Å². The maximum absolute atomic E-state index is 12.6. The maximum Gasteiger partial charge on any atom is 0.246 e. The molecule has 24 heavy (non-hydrogen) atoms. The minimum atomic E-state index is 0.0529. The summed E-state index contributed by atoms with van der Waals surface area (Å²) < 4.78 is 0. The van der Waals surface area contributed by atoms with Gasteiger partial charge in [0.25, 0.3) is 0 Å². The van der Waals surface area contributed by atoms with Crippen LogP contribution in [0.15, 0.2) is 24.3 Å². The van der Waals surface area contributed by atoms with Crippen LogP contribution in [0.25, 0.3) is 6.08 Å². The minimum Gasteiger partial charge on any atom is -0.338 e. The first-order chi connectivity index (χ1) is 11.6. The van der Waals surface area contributed by atoms with E-state index in [0.29, 0.717) is 22.1 Å². The molecular formula is C19H24Cl2N2O. The number of rotatable bonds is 4. The van der Waals surface area contributed by atoms with Gasteiger partial charge in [-0.1, -0.05) is 29.3 Å². The number of hydrogen-bond acceptors (Lipinski definition) is 2. The summed E-state index contributed by atoms with van der Waals surface area (Å²) in [6, 6.07) is 6.24. The van der Waals surface area contributed by atoms with Crippen molar-refractivity contribution in [2.75, 3.05) is 20.1 Å². The molecule has 0 unspecified atom stereocenters. The van der Waals surface area contributed by atoms with Gasteiger partial charge in [0.1, 0.15) is 0 Å². The largest absolute Gasteiger partial charge is 0.338 e. The van der Waals surface area contributed by atoms with Gasteiger partial charge in [-0.05, 0) is 69.0 Å². The molecular weight excluding hydrogens is 343 g/mol. The first-order valence-corrected chi connectivity index (χ1v) is 9.46. The third-order valence-corrected chi connectivity index (χ3v) is 6.00. The predicted octanol–water partition coefficient (Wildman–Crippen LogP) is 4.48. The van der Waals surface area contributed by atoms with Crippen molar-refractivity contribution in [3.05, 3.63) is 39.9 Å². The van der Waals surface area contributed by atoms with E-state index in [1.807, 2.05) is 18.0 Å². The highest BCUT2D eigenvalue weighted by Gasteiger charge is 2.36. The summed E-state index contributed by atoms with van der Waals surface area (Å²) in [7, 11) is 1.93. The van der Waals surface area contributed by atoms with Crippen LogP contribution in [-0.2, 0) is 4.79 Å². The normalized spacial score (nSPS) is 24.8. The monoisotopic (exact) mass is 366 g/mol. The lowest BCUT2D eigenvalue weighted by Gasteiger charge is -2.34. The van der Waals surface area contributed by atoms with E-state index in [-0.39, 0.29) is 5.91 Å². The summed E-state index contributed by atoms with van der Waals surface area (Å²) in [6.07, 6.45) is 9.54. The van der Waals surface area contributed by atoms with Crippen LogP contribution >= 0.6 is 23.2 Å². The van der Waals surface area contributed by atoms with Gasteiger partial charge in [-0.15, -0.1) is 0 Å². The molecule has 1 heterocycles. The van der Waals surface area contributed by atoms with Gasteiger partial charge in [-0.3, -0.25) is 9.69 Å². The van der Waals surface area contributed by atoms with Crippen molar-refractivity contribution in [1.82, 2.24) is 9.80 Å². The minimum absolute atomic E-state index is 0.0529. The summed E-state index contributed by atoms with van der Waals surface area (Å²) in [5, 5.41) is 1.03. The van der Waals surface area contributed by atoms with Gasteiger partial charge < -0.3 is 4.90 Å². The second kappa shape index (κ2) is 7.90. The molecule has 0 spiro atoms. The quantitative estimate of drug-likeness (QED) is 0.733. The zero-order valence-corrected chi connectivity index (χ0v) is 15.6. The van der Waals surface area contributed by atoms with Crippen molar-refractivity contribution in [2.24, 2.45) is 0 Å². The molecule has 3 rings (SSSR count). The van der Waals surface area contributed by atoms with Gasteiger partial charge >= 0.3 is 0 Å². The molecule has 2 fully saturated rings. The van der Waals surface area contributed by atoms with E-state index < -0.39 is 0 Å². The summed E-state index contributed by atoms with van der Waals surface area (Å²) in [5.74, 6) is 0.0529. The van der Waals surface area contributed by atoms with Crippen LogP contribution in [0.4, 0.5) is 0 Å². The zero-order valence-electron chi connectivity index (χ0n) is 14.0. The smallest absolute Gasteiger partial charge is 0.246 e. The van der Waals surface area contributed by atoms with Crippen LogP contribution in [0.3, 0.4) is 0 Å². The summed E-state index contributed by atoms with van der Waals surface area (Å²) in [4.78, 5) is 17.1. The molecule has 5 heteroatoms. The number of carbonyl (C=O) groups is 1. The van der Waals surface area contributed by atoms with Crippen molar-refractivity contribution < 1.29 is 4.79 Å². The molecule has 1 aromatic carbocycles. The molecule has 1 saturated heterocycles. The second-order valence-corrected chi connectivity index (χ2v) is 7.58. The predicted molar refractivity (Wildman–Crippen MR) is 101 cm³/mol. The summed E-state index contributed by atoms with van der Waals surface area (Å²) in [5.41, 5.74) is 0.883. The fraction of sp³-hybridized carbons (Fsp3) is 0.526. The first-order valence-electron chi connectivity index (χ1n) is 8.70. The number of likely N-dealkylation sites (N-methyl/N-ethyl adjacent to an activating group) is 1. The standard InChI is InChI=1S/C19H24Cl2N2O/c1-22(17-5-4-6-18(17)23-11-2-3-12-23)19(24)10-8-14-7-9-15(20)16(21)13-14/h7-10,13,17-18H,2-6,11-12H2,1H3/t17-,18-/m0/s1. The SMILES string of the molecule is CN(C(=O)C=Cc1ccc(Cl)c(Cl)c1)[C@H]1CCC[C@@H]1N1CCCC1. The third-order valence-electron chi connectivity index (χ3n) is 5.26. The number of amides is 1. The van der Waals surface area contributed by atoms with E-state index in [0.717, 1.165) is 12.0 Å². The average molecular weight is 367 g/mol. The molecule has 1 aliphatic carbocycles. The fourth-order valence-corrected chi connectivity index (χ4v) is 4.24. The van der Waals surface area contributed by atoms with Gasteiger partial charge in [-0.2, -0.15) is 0 Å². The molecule has 3 nitrogen and oxygen atoms in total. The van der Waals surface area contributed by atoms with Crippen LogP contribution < -0.4 is 0 Å². The number of halogens is 2. The lowest BCUT2D eigenvalue weighted by atomic mass is 10.1. The molecule has 2 aliphatic rings. The van der Waals surface area contributed by atoms with Crippen molar-refractivity contribution in [3.63, 3.8) is 0 Å². The Morgan fingerprint density at radius 2 is 1.92 bits per heavy atom. The highest BCUT2D eigenvalue weighted by Crippen LogP contribution is 2.30. The van der Waals surface area contributed by atoms with E-state index in [9.17, 15) is 4.79 Å². The maximum atomic E-state index is 12.6. The Hall–Kier alpha value is -1.03. The van der Waals surface area contributed by atoms with Crippen LogP contribution in [0, 0.1) is 0 Å². The van der Waals surface area contributed by atoms with Gasteiger partial charge in [0.05, 0.1) is 10.0 Å². The van der Waals surface area contributed by atoms with E-state index in [4.69, 9.17) is 23.2 Å². The number of carbonyl (C=O) groups excluding carboxylic acids is 1. The van der Waals surface area contributed by atoms with Gasteiger partial charge in [0.2, 0.25) is 5.91 Å². The van der Waals surface area contributed by atoms with Crippen LogP contribution in [0.2, 0.25) is 10.0 Å². The number of nitrogens with zero attached hydrogens (tertiary/aromatic N) is 2. The van der Waals surface area contributed by atoms with E-state index in [2.05, 4.69) is 4.90 Å². The topological polar surface area (TPSA) is 23.6 Å². The molecule has 130 valence electrons. The highest BCUT2D eigenvalue weighted by atomic mass is 35.5. The van der Waals surface area contributed by atoms with Crippen molar-refractivity contribution in [1.29, 1.82) is 0 Å². The number of likely N-dealkylation sites (tertiary alicyclic amines) is 1. The number of hydrogen-bond donors (Lipinski definition) is 0. The molecule has 0 N–H and O–H groups in total. The summed E-state index contributed by atoms with van der Waals surface area (Å²) in [6.45, 7) is 2.37. The van der Waals surface area contributed by atoms with E-state index in [1.165, 1.54) is 38.8 Å². The Kier molecular flexibility index (Phi) is 5.85. The Balaban J connectivity index is 1.65. The molecule has 1 aromatic rings. The Bertz CT molecular complexity index is 626. The average Bonchev–Trinajstić information content (AvgIpc) is 3.25. The lowest BCUT2D eigenvalue weighted by molar-refractivity contribution is -0.127. The van der Waals surface area contributed by atoms with Crippen molar-refractivity contribution >= 4 is 35.2 Å². The van der Waals surface area contributed by atoms with Crippen molar-refractivity contribution in [3.8, 4) is 0 Å². The first kappa shape index (κ1) is 17.8. The van der Waals surface area contributed by atoms with Crippen molar-refractivity contribution in [2.45, 2.75) is 44.2 Å². The Labute approximate surface area is 154 Å². The Morgan fingerprint density at radius 3 is 2.62 bits per heavy atom. The molecule has 0 radical (unpaired) electrons. The van der Waals surface area contributed by atoms with Gasteiger partial charge in [0.15, 0.2) is 0 Å². The van der Waals surface area contributed by atoms with Crippen LogP contribution in [0.1, 0.15) is 37.7 Å². The second-order valence-electron chi connectivity index (χ2n) is 6.76. The molecule has 0 aromatic heterocycles. The number of benzene rings is 1. The lowest BCUT2D eigenvalue weighted by Crippen LogP contribution is -2.48. The molecule has 2 atom stereocenters.